The molecule has 0 saturated heterocycles. The van der Waals surface area contributed by atoms with Gasteiger partial charge in [-0.25, -0.2) is 5.26 Å². The largest absolute Gasteiger partial charge is 0.345 e. The minimum Gasteiger partial charge on any atom is -0.345 e. The van der Waals surface area contributed by atoms with Gasteiger partial charge in [-0.1, -0.05) is 6.92 Å². The molecule has 0 aromatic heterocycles. The predicted molar refractivity (Wildman–Crippen MR) is 34.8 cm³/mol. The standard InChI is InChI=1S/C7H12O2/c1-6-2-4-7(9-8)5-3-6/h4,6,8H,2-3,5H2,1H3. The third-order valence-corrected chi connectivity index (χ3v) is 1.75. The fraction of sp³-hybridized carbons (Fsp3) is 0.714. The summed E-state index contributed by atoms with van der Waals surface area (Å²) in [5, 5.41) is 8.21. The topological polar surface area (TPSA) is 29.5 Å². The first kappa shape index (κ1) is 6.62. The third kappa shape index (κ3) is 1.72. The summed E-state index contributed by atoms with van der Waals surface area (Å²) < 4.78 is 0. The van der Waals surface area contributed by atoms with Gasteiger partial charge in [-0.15, -0.1) is 0 Å². The molecule has 1 rings (SSSR count). The second-order valence-electron chi connectivity index (χ2n) is 2.64. The van der Waals surface area contributed by atoms with Gasteiger partial charge in [0, 0.05) is 6.42 Å². The van der Waals surface area contributed by atoms with Crippen LogP contribution in [0, 0.1) is 5.92 Å². The average molecular weight is 128 g/mol. The SMILES string of the molecule is CC1CC=C(OO)CC1. The molecule has 1 aliphatic carbocycles. The van der Waals surface area contributed by atoms with E-state index in [0.29, 0.717) is 0 Å². The lowest BCUT2D eigenvalue weighted by atomic mass is 9.95. The van der Waals surface area contributed by atoms with Crippen molar-refractivity contribution < 1.29 is 10.1 Å². The van der Waals surface area contributed by atoms with Crippen molar-refractivity contribution >= 4 is 0 Å². The van der Waals surface area contributed by atoms with Crippen LogP contribution in [0.15, 0.2) is 11.8 Å². The Hall–Kier alpha value is -0.500. The molecule has 0 radical (unpaired) electrons. The lowest BCUT2D eigenvalue weighted by Crippen LogP contribution is -2.02. The Balaban J connectivity index is 2.40. The van der Waals surface area contributed by atoms with Crippen LogP contribution in [0.25, 0.3) is 0 Å². The Bertz CT molecular complexity index is 118. The fourth-order valence-electron chi connectivity index (χ4n) is 1.02. The molecule has 1 aliphatic rings. The second-order valence-corrected chi connectivity index (χ2v) is 2.64. The van der Waals surface area contributed by atoms with Crippen LogP contribution in [-0.4, -0.2) is 5.26 Å². The Labute approximate surface area is 55.1 Å². The summed E-state index contributed by atoms with van der Waals surface area (Å²) in [7, 11) is 0. The number of rotatable bonds is 1. The van der Waals surface area contributed by atoms with Crippen molar-refractivity contribution in [3.05, 3.63) is 11.8 Å². The summed E-state index contributed by atoms with van der Waals surface area (Å²) in [5.74, 6) is 1.48. The van der Waals surface area contributed by atoms with Crippen LogP contribution in [0.2, 0.25) is 0 Å². The van der Waals surface area contributed by atoms with E-state index in [4.69, 9.17) is 5.26 Å². The summed E-state index contributed by atoms with van der Waals surface area (Å²) in [6.07, 6.45) is 5.01. The first-order valence-electron chi connectivity index (χ1n) is 3.33. The minimum absolute atomic E-state index is 0.730. The average Bonchev–Trinajstić information content (AvgIpc) is 1.90. The number of allylic oxidation sites excluding steroid dienone is 2. The van der Waals surface area contributed by atoms with Gasteiger partial charge in [0.1, 0.15) is 5.76 Å². The van der Waals surface area contributed by atoms with Gasteiger partial charge >= 0.3 is 0 Å². The van der Waals surface area contributed by atoms with Crippen molar-refractivity contribution in [2.75, 3.05) is 0 Å². The van der Waals surface area contributed by atoms with E-state index in [-0.39, 0.29) is 0 Å². The van der Waals surface area contributed by atoms with Gasteiger partial charge in [0.05, 0.1) is 0 Å². The van der Waals surface area contributed by atoms with E-state index in [1.165, 1.54) is 0 Å². The van der Waals surface area contributed by atoms with Crippen LogP contribution < -0.4 is 0 Å². The molecule has 0 aromatic carbocycles. The molecule has 0 heterocycles. The molecule has 1 N–H and O–H groups in total. The van der Waals surface area contributed by atoms with Crippen molar-refractivity contribution in [2.45, 2.75) is 26.2 Å². The van der Waals surface area contributed by atoms with Crippen LogP contribution in [0.3, 0.4) is 0 Å². The van der Waals surface area contributed by atoms with Crippen molar-refractivity contribution in [2.24, 2.45) is 5.92 Å². The van der Waals surface area contributed by atoms with Gasteiger partial charge in [-0.2, -0.15) is 0 Å². The highest BCUT2D eigenvalue weighted by molar-refractivity contribution is 4.97. The summed E-state index contributed by atoms with van der Waals surface area (Å²) in [6, 6.07) is 0. The zero-order chi connectivity index (χ0) is 6.69. The molecule has 0 bridgehead atoms. The molecular weight excluding hydrogens is 116 g/mol. The molecule has 0 amide bonds. The maximum atomic E-state index is 8.21. The van der Waals surface area contributed by atoms with Gasteiger partial charge < -0.3 is 4.89 Å². The molecule has 0 saturated carbocycles. The van der Waals surface area contributed by atoms with Crippen LogP contribution in [0.4, 0.5) is 0 Å². The maximum Gasteiger partial charge on any atom is 0.138 e. The smallest absolute Gasteiger partial charge is 0.138 e. The van der Waals surface area contributed by atoms with Gasteiger partial charge in [0.2, 0.25) is 0 Å². The minimum atomic E-state index is 0.730. The van der Waals surface area contributed by atoms with Gasteiger partial charge in [-0.05, 0) is 24.8 Å². The molecule has 9 heavy (non-hydrogen) atoms. The van der Waals surface area contributed by atoms with E-state index in [1.54, 1.807) is 0 Å². The van der Waals surface area contributed by atoms with Crippen LogP contribution in [0.1, 0.15) is 26.2 Å². The molecule has 1 atom stereocenters. The van der Waals surface area contributed by atoms with Crippen molar-refractivity contribution in [3.8, 4) is 0 Å². The molecule has 2 nitrogen and oxygen atoms in total. The van der Waals surface area contributed by atoms with Crippen molar-refractivity contribution in [1.82, 2.24) is 0 Å². The van der Waals surface area contributed by atoms with Gasteiger partial charge in [0.25, 0.3) is 0 Å². The van der Waals surface area contributed by atoms with E-state index < -0.39 is 0 Å². The normalized spacial score (nSPS) is 27.3. The van der Waals surface area contributed by atoms with Gasteiger partial charge in [0.15, 0.2) is 0 Å². The Morgan fingerprint density at radius 2 is 2.56 bits per heavy atom. The molecular formula is C7H12O2. The Morgan fingerprint density at radius 3 is 3.00 bits per heavy atom. The molecule has 1 unspecified atom stereocenters. The summed E-state index contributed by atoms with van der Waals surface area (Å²) in [4.78, 5) is 4.10. The lowest BCUT2D eigenvalue weighted by molar-refractivity contribution is -0.207. The quantitative estimate of drug-likeness (QED) is 0.433. The number of hydrogen-bond acceptors (Lipinski definition) is 2. The predicted octanol–water partition coefficient (Wildman–Crippen LogP) is 2.18. The molecule has 52 valence electrons. The van der Waals surface area contributed by atoms with Crippen LogP contribution in [-0.2, 0) is 4.89 Å². The molecule has 2 heteroatoms. The molecule has 0 aliphatic heterocycles. The Morgan fingerprint density at radius 1 is 1.78 bits per heavy atom. The van der Waals surface area contributed by atoms with Crippen molar-refractivity contribution in [1.29, 1.82) is 0 Å². The molecule has 0 aromatic rings. The third-order valence-electron chi connectivity index (χ3n) is 1.75. The van der Waals surface area contributed by atoms with Crippen molar-refractivity contribution in [3.63, 3.8) is 0 Å². The number of hydrogen-bond donors (Lipinski definition) is 1. The van der Waals surface area contributed by atoms with Crippen LogP contribution >= 0.6 is 0 Å². The molecule has 0 fully saturated rings. The summed E-state index contributed by atoms with van der Waals surface area (Å²) >= 11 is 0. The van der Waals surface area contributed by atoms with E-state index >= 15 is 0 Å². The highest BCUT2D eigenvalue weighted by Crippen LogP contribution is 2.22. The van der Waals surface area contributed by atoms with E-state index in [1.807, 2.05) is 6.08 Å². The van der Waals surface area contributed by atoms with Crippen LogP contribution in [0.5, 0.6) is 0 Å². The molecule has 0 spiro atoms. The summed E-state index contributed by atoms with van der Waals surface area (Å²) in [5.41, 5.74) is 0. The maximum absolute atomic E-state index is 8.21. The first-order valence-corrected chi connectivity index (χ1v) is 3.33. The first-order chi connectivity index (χ1) is 4.33. The zero-order valence-electron chi connectivity index (χ0n) is 5.63. The Kier molecular flexibility index (Phi) is 2.11. The highest BCUT2D eigenvalue weighted by atomic mass is 17.1. The lowest BCUT2D eigenvalue weighted by Gasteiger charge is -2.14. The van der Waals surface area contributed by atoms with E-state index in [0.717, 1.165) is 30.9 Å². The summed E-state index contributed by atoms with van der Waals surface area (Å²) in [6.45, 7) is 2.20. The second kappa shape index (κ2) is 2.87. The monoisotopic (exact) mass is 128 g/mol. The highest BCUT2D eigenvalue weighted by Gasteiger charge is 2.10. The van der Waals surface area contributed by atoms with Gasteiger partial charge in [-0.3, -0.25) is 0 Å². The van der Waals surface area contributed by atoms with E-state index in [9.17, 15) is 0 Å². The zero-order valence-corrected chi connectivity index (χ0v) is 5.63. The van der Waals surface area contributed by atoms with E-state index in [2.05, 4.69) is 11.8 Å². The fourth-order valence-corrected chi connectivity index (χ4v) is 1.02.